The molecule has 4 rings (SSSR count). The van der Waals surface area contributed by atoms with Crippen LogP contribution in [-0.4, -0.2) is 39.9 Å². The molecular weight excluding hydrogens is 448 g/mol. The summed E-state index contributed by atoms with van der Waals surface area (Å²) in [5, 5.41) is 8.44. The third-order valence-electron chi connectivity index (χ3n) is 5.65. The van der Waals surface area contributed by atoms with Crippen molar-refractivity contribution < 1.29 is 14.0 Å². The molecule has 7 nitrogen and oxygen atoms in total. The molecule has 178 valence electrons. The molecule has 3 aromatic rings. The van der Waals surface area contributed by atoms with Crippen LogP contribution in [0.2, 0.25) is 0 Å². The number of ether oxygens (including phenoxy) is 2. The highest BCUT2D eigenvalue weighted by Crippen LogP contribution is 2.38. The summed E-state index contributed by atoms with van der Waals surface area (Å²) in [6, 6.07) is 15.5. The summed E-state index contributed by atoms with van der Waals surface area (Å²) in [7, 11) is 0. The molecule has 2 heterocycles. The van der Waals surface area contributed by atoms with E-state index < -0.39 is 0 Å². The van der Waals surface area contributed by atoms with Gasteiger partial charge in [-0.1, -0.05) is 24.2 Å². The smallest absolute Gasteiger partial charge is 0.258 e. The zero-order valence-corrected chi connectivity index (χ0v) is 20.8. The minimum Gasteiger partial charge on any atom is -0.494 e. The first kappa shape index (κ1) is 23.8. The number of nitrogens with one attached hydrogen (secondary N) is 1. The van der Waals surface area contributed by atoms with E-state index in [1.54, 1.807) is 0 Å². The monoisotopic (exact) mass is 478 g/mol. The molecule has 0 spiro atoms. The van der Waals surface area contributed by atoms with Crippen molar-refractivity contribution in [2.75, 3.05) is 19.8 Å². The highest BCUT2D eigenvalue weighted by atomic mass is 32.1. The summed E-state index contributed by atoms with van der Waals surface area (Å²) in [6.45, 7) is 10.2. The lowest BCUT2D eigenvalue weighted by Gasteiger charge is -2.37. The highest BCUT2D eigenvalue weighted by Gasteiger charge is 2.33. The van der Waals surface area contributed by atoms with E-state index in [2.05, 4.69) is 29.2 Å². The number of allylic oxidation sites excluding steroid dienone is 1. The maximum Gasteiger partial charge on any atom is 0.258 e. The van der Waals surface area contributed by atoms with Crippen molar-refractivity contribution in [3.8, 4) is 22.9 Å². The number of aromatic nitrogens is 2. The van der Waals surface area contributed by atoms with Crippen LogP contribution in [0.15, 0.2) is 58.8 Å². The number of rotatable bonds is 9. The van der Waals surface area contributed by atoms with Crippen molar-refractivity contribution in [2.45, 2.75) is 40.2 Å². The van der Waals surface area contributed by atoms with Crippen LogP contribution in [0, 0.1) is 0 Å². The van der Waals surface area contributed by atoms with Gasteiger partial charge >= 0.3 is 0 Å². The summed E-state index contributed by atoms with van der Waals surface area (Å²) >= 11 is 5.71. The molecule has 1 aliphatic heterocycles. The Morgan fingerprint density at radius 3 is 2.18 bits per heavy atom. The van der Waals surface area contributed by atoms with Crippen molar-refractivity contribution in [3.63, 3.8) is 0 Å². The molecule has 1 atom stereocenters. The van der Waals surface area contributed by atoms with E-state index in [-0.39, 0.29) is 6.04 Å². The largest absolute Gasteiger partial charge is 0.494 e. The maximum absolute atomic E-state index is 5.80. The van der Waals surface area contributed by atoms with Gasteiger partial charge in [0.25, 0.3) is 5.89 Å². The Morgan fingerprint density at radius 1 is 0.971 bits per heavy atom. The second-order valence-corrected chi connectivity index (χ2v) is 8.30. The van der Waals surface area contributed by atoms with Gasteiger partial charge < -0.3 is 24.2 Å². The van der Waals surface area contributed by atoms with Crippen LogP contribution < -0.4 is 14.8 Å². The minimum absolute atomic E-state index is 0.218. The standard InChI is InChI=1S/C26H30N4O3S/c1-5-16-30-17(4)22(23(27-26(30)34)18-8-12-20(13-9-18)31-6-2)25-28-24(29-33-25)19-10-14-21(15-11-19)32-7-3/h8-15,23H,5-7,16H2,1-4H3,(H,27,34). The number of hydrogen-bond acceptors (Lipinski definition) is 6. The summed E-state index contributed by atoms with van der Waals surface area (Å²) in [5.41, 5.74) is 3.82. The zero-order chi connectivity index (χ0) is 24.1. The lowest BCUT2D eigenvalue weighted by Crippen LogP contribution is -2.46. The van der Waals surface area contributed by atoms with Gasteiger partial charge in [0.2, 0.25) is 5.82 Å². The molecular formula is C26H30N4O3S. The van der Waals surface area contributed by atoms with Crippen LogP contribution in [0.3, 0.4) is 0 Å². The Bertz CT molecular complexity index is 1160. The molecule has 2 aromatic carbocycles. The average Bonchev–Trinajstić information content (AvgIpc) is 3.32. The Labute approximate surface area is 205 Å². The topological polar surface area (TPSA) is 72.7 Å². The second-order valence-electron chi connectivity index (χ2n) is 7.92. The average molecular weight is 479 g/mol. The van der Waals surface area contributed by atoms with Gasteiger partial charge in [-0.2, -0.15) is 4.98 Å². The first-order chi connectivity index (χ1) is 16.5. The van der Waals surface area contributed by atoms with E-state index in [9.17, 15) is 0 Å². The molecule has 1 aromatic heterocycles. The van der Waals surface area contributed by atoms with Gasteiger partial charge in [-0.15, -0.1) is 0 Å². The SMILES string of the molecule is CCCN1C(=S)NC(c2ccc(OCC)cc2)C(c2nc(-c3ccc(OCC)cc3)no2)=C1C. The molecule has 0 radical (unpaired) electrons. The Hall–Kier alpha value is -3.39. The zero-order valence-electron chi connectivity index (χ0n) is 20.0. The van der Waals surface area contributed by atoms with Gasteiger partial charge in [-0.05, 0) is 81.4 Å². The lowest BCUT2D eigenvalue weighted by molar-refractivity contribution is 0.340. The fraction of sp³-hybridized carbons (Fsp3) is 0.346. The lowest BCUT2D eigenvalue weighted by atomic mass is 9.94. The van der Waals surface area contributed by atoms with Crippen LogP contribution in [0.4, 0.5) is 0 Å². The molecule has 0 fully saturated rings. The number of nitrogens with zero attached hydrogens (tertiary/aromatic N) is 3. The van der Waals surface area contributed by atoms with Gasteiger partial charge in [-0.3, -0.25) is 0 Å². The second kappa shape index (κ2) is 10.7. The van der Waals surface area contributed by atoms with E-state index in [1.165, 1.54) is 0 Å². The van der Waals surface area contributed by atoms with Crippen LogP contribution in [-0.2, 0) is 0 Å². The first-order valence-corrected chi connectivity index (χ1v) is 12.0. The van der Waals surface area contributed by atoms with E-state index in [1.807, 2.05) is 62.4 Å². The van der Waals surface area contributed by atoms with Gasteiger partial charge in [0.15, 0.2) is 5.11 Å². The fourth-order valence-corrected chi connectivity index (χ4v) is 4.39. The summed E-state index contributed by atoms with van der Waals surface area (Å²) in [6.07, 6.45) is 0.960. The van der Waals surface area contributed by atoms with Crippen LogP contribution in [0.5, 0.6) is 11.5 Å². The van der Waals surface area contributed by atoms with Crippen LogP contribution in [0.1, 0.15) is 51.6 Å². The summed E-state index contributed by atoms with van der Waals surface area (Å²) in [4.78, 5) is 6.86. The Morgan fingerprint density at radius 2 is 1.59 bits per heavy atom. The normalized spacial score (nSPS) is 15.9. The quantitative estimate of drug-likeness (QED) is 0.398. The van der Waals surface area contributed by atoms with Crippen molar-refractivity contribution in [1.29, 1.82) is 0 Å². The van der Waals surface area contributed by atoms with Gasteiger partial charge in [-0.25, -0.2) is 0 Å². The predicted molar refractivity (Wildman–Crippen MR) is 137 cm³/mol. The molecule has 1 unspecified atom stereocenters. The molecule has 8 heteroatoms. The van der Waals surface area contributed by atoms with Gasteiger partial charge in [0, 0.05) is 17.8 Å². The van der Waals surface area contributed by atoms with Gasteiger partial charge in [0.1, 0.15) is 11.5 Å². The molecule has 1 N–H and O–H groups in total. The Kier molecular flexibility index (Phi) is 7.47. The number of benzene rings is 2. The number of thiocarbonyl (C=S) groups is 1. The van der Waals surface area contributed by atoms with Crippen molar-refractivity contribution in [1.82, 2.24) is 20.4 Å². The highest BCUT2D eigenvalue weighted by molar-refractivity contribution is 7.80. The molecule has 0 saturated carbocycles. The van der Waals surface area contributed by atoms with Gasteiger partial charge in [0.05, 0.1) is 24.8 Å². The maximum atomic E-state index is 5.80. The van der Waals surface area contributed by atoms with Crippen molar-refractivity contribution in [3.05, 3.63) is 65.7 Å². The molecule has 0 amide bonds. The molecule has 34 heavy (non-hydrogen) atoms. The van der Waals surface area contributed by atoms with E-state index in [0.29, 0.717) is 30.0 Å². The van der Waals surface area contributed by atoms with Crippen LogP contribution >= 0.6 is 12.2 Å². The number of hydrogen-bond donors (Lipinski definition) is 1. The molecule has 0 saturated heterocycles. The third kappa shape index (κ3) is 4.92. The van der Waals surface area contributed by atoms with E-state index >= 15 is 0 Å². The predicted octanol–water partition coefficient (Wildman–Crippen LogP) is 5.61. The molecule has 0 aliphatic carbocycles. The van der Waals surface area contributed by atoms with Crippen LogP contribution in [0.25, 0.3) is 17.0 Å². The van der Waals surface area contributed by atoms with Crippen molar-refractivity contribution in [2.24, 2.45) is 0 Å². The minimum atomic E-state index is -0.218. The summed E-state index contributed by atoms with van der Waals surface area (Å²) in [5.74, 6) is 2.63. The fourth-order valence-electron chi connectivity index (χ4n) is 4.04. The Balaban J connectivity index is 1.72. The summed E-state index contributed by atoms with van der Waals surface area (Å²) < 4.78 is 16.9. The van der Waals surface area contributed by atoms with E-state index in [4.69, 9.17) is 31.2 Å². The third-order valence-corrected chi connectivity index (χ3v) is 5.99. The van der Waals surface area contributed by atoms with Crippen molar-refractivity contribution >= 4 is 22.9 Å². The van der Waals surface area contributed by atoms with E-state index in [0.717, 1.165) is 46.9 Å². The first-order valence-electron chi connectivity index (χ1n) is 11.6. The molecule has 0 bridgehead atoms. The molecule has 1 aliphatic rings.